The first-order chi connectivity index (χ1) is 4.75. The van der Waals surface area contributed by atoms with Gasteiger partial charge >= 0.3 is 0 Å². The zero-order valence-corrected chi connectivity index (χ0v) is 6.94. The van der Waals surface area contributed by atoms with E-state index in [2.05, 4.69) is 21.2 Å². The van der Waals surface area contributed by atoms with Crippen LogP contribution < -0.4 is 5.32 Å². The SMILES string of the molecule is CNC(=O)c1ccoc1Br. The Hall–Kier alpha value is -0.770. The zero-order valence-electron chi connectivity index (χ0n) is 5.35. The number of furan rings is 1. The maximum atomic E-state index is 10.9. The van der Waals surface area contributed by atoms with Crippen LogP contribution >= 0.6 is 15.9 Å². The molecule has 4 heteroatoms. The zero-order chi connectivity index (χ0) is 7.56. The van der Waals surface area contributed by atoms with Crippen molar-refractivity contribution in [2.24, 2.45) is 0 Å². The summed E-state index contributed by atoms with van der Waals surface area (Å²) in [5.41, 5.74) is 0.516. The number of rotatable bonds is 1. The van der Waals surface area contributed by atoms with Crippen LogP contribution in [-0.4, -0.2) is 13.0 Å². The first kappa shape index (κ1) is 7.34. The van der Waals surface area contributed by atoms with Crippen molar-refractivity contribution < 1.29 is 9.21 Å². The van der Waals surface area contributed by atoms with Crippen LogP contribution in [0.3, 0.4) is 0 Å². The molecule has 0 unspecified atom stereocenters. The normalized spacial score (nSPS) is 9.40. The summed E-state index contributed by atoms with van der Waals surface area (Å²) in [4.78, 5) is 10.9. The number of halogens is 1. The van der Waals surface area contributed by atoms with Crippen molar-refractivity contribution in [1.82, 2.24) is 5.32 Å². The van der Waals surface area contributed by atoms with Crippen LogP contribution in [-0.2, 0) is 0 Å². The third-order valence-corrected chi connectivity index (χ3v) is 1.70. The van der Waals surface area contributed by atoms with Gasteiger partial charge in [0.05, 0.1) is 11.8 Å². The van der Waals surface area contributed by atoms with Gasteiger partial charge in [-0.15, -0.1) is 0 Å². The highest BCUT2D eigenvalue weighted by molar-refractivity contribution is 9.10. The molecule has 0 saturated carbocycles. The molecular weight excluding hydrogens is 198 g/mol. The van der Waals surface area contributed by atoms with Crippen LogP contribution in [0.4, 0.5) is 0 Å². The quantitative estimate of drug-likeness (QED) is 0.751. The van der Waals surface area contributed by atoms with Crippen LogP contribution in [0.2, 0.25) is 0 Å². The number of carbonyl (C=O) groups excluding carboxylic acids is 1. The summed E-state index contributed by atoms with van der Waals surface area (Å²) < 4.78 is 5.31. The third kappa shape index (κ3) is 1.21. The van der Waals surface area contributed by atoms with Gasteiger partial charge in [0.2, 0.25) is 0 Å². The Balaban J connectivity index is 2.93. The van der Waals surface area contributed by atoms with E-state index in [4.69, 9.17) is 4.42 Å². The Kier molecular flexibility index (Phi) is 2.11. The van der Waals surface area contributed by atoms with Crippen LogP contribution in [0.25, 0.3) is 0 Å². The molecule has 0 aliphatic heterocycles. The van der Waals surface area contributed by atoms with Gasteiger partial charge in [0.1, 0.15) is 0 Å². The predicted molar refractivity (Wildman–Crippen MR) is 39.8 cm³/mol. The summed E-state index contributed by atoms with van der Waals surface area (Å²) in [5, 5.41) is 2.48. The maximum Gasteiger partial charge on any atom is 0.255 e. The van der Waals surface area contributed by atoms with Gasteiger partial charge in [-0.3, -0.25) is 4.79 Å². The van der Waals surface area contributed by atoms with Crippen LogP contribution in [0.15, 0.2) is 21.4 Å². The van der Waals surface area contributed by atoms with E-state index in [0.29, 0.717) is 10.2 Å². The lowest BCUT2D eigenvalue weighted by Gasteiger charge is -1.92. The molecule has 3 nitrogen and oxygen atoms in total. The molecule has 1 amide bonds. The van der Waals surface area contributed by atoms with E-state index in [9.17, 15) is 4.79 Å². The van der Waals surface area contributed by atoms with E-state index in [0.717, 1.165) is 0 Å². The van der Waals surface area contributed by atoms with E-state index < -0.39 is 0 Å². The van der Waals surface area contributed by atoms with Crippen molar-refractivity contribution in [3.05, 3.63) is 22.6 Å². The first-order valence-electron chi connectivity index (χ1n) is 2.70. The molecule has 0 aromatic carbocycles. The van der Waals surface area contributed by atoms with Crippen molar-refractivity contribution in [2.75, 3.05) is 7.05 Å². The van der Waals surface area contributed by atoms with E-state index in [1.54, 1.807) is 13.1 Å². The summed E-state index contributed by atoms with van der Waals surface area (Å²) in [6, 6.07) is 1.60. The Bertz CT molecular complexity index is 244. The smallest absolute Gasteiger partial charge is 0.255 e. The highest BCUT2D eigenvalue weighted by Gasteiger charge is 2.09. The summed E-state index contributed by atoms with van der Waals surface area (Å²) in [5.74, 6) is -0.152. The van der Waals surface area contributed by atoms with E-state index in [1.807, 2.05) is 0 Å². The fraction of sp³-hybridized carbons (Fsp3) is 0.167. The molecule has 0 radical (unpaired) electrons. The maximum absolute atomic E-state index is 10.9. The average Bonchev–Trinajstić information content (AvgIpc) is 2.34. The molecule has 1 aromatic heterocycles. The van der Waals surface area contributed by atoms with Crippen LogP contribution in [0, 0.1) is 0 Å². The van der Waals surface area contributed by atoms with Gasteiger partial charge in [0, 0.05) is 7.05 Å². The van der Waals surface area contributed by atoms with Crippen molar-refractivity contribution in [3.8, 4) is 0 Å². The standard InChI is InChI=1S/C6H6BrNO2/c1-8-6(9)4-2-3-10-5(4)7/h2-3H,1H3,(H,8,9). The molecule has 1 rings (SSSR count). The van der Waals surface area contributed by atoms with Crippen molar-refractivity contribution in [2.45, 2.75) is 0 Å². The molecular formula is C6H6BrNO2. The fourth-order valence-electron chi connectivity index (χ4n) is 0.590. The molecule has 0 saturated heterocycles. The van der Waals surface area contributed by atoms with Gasteiger partial charge in [-0.25, -0.2) is 0 Å². The number of amides is 1. The van der Waals surface area contributed by atoms with Gasteiger partial charge in [-0.1, -0.05) is 0 Å². The fourth-order valence-corrected chi connectivity index (χ4v) is 1.01. The largest absolute Gasteiger partial charge is 0.457 e. The summed E-state index contributed by atoms with van der Waals surface area (Å²) >= 11 is 3.08. The van der Waals surface area contributed by atoms with Gasteiger partial charge in [0.25, 0.3) is 5.91 Å². The topological polar surface area (TPSA) is 42.2 Å². The van der Waals surface area contributed by atoms with Crippen LogP contribution in [0.1, 0.15) is 10.4 Å². The molecule has 0 aliphatic rings. The second-order valence-corrected chi connectivity index (χ2v) is 2.41. The number of hydrogen-bond acceptors (Lipinski definition) is 2. The molecule has 0 aliphatic carbocycles. The third-order valence-electron chi connectivity index (χ3n) is 1.09. The first-order valence-corrected chi connectivity index (χ1v) is 3.50. The molecule has 10 heavy (non-hydrogen) atoms. The Morgan fingerprint density at radius 2 is 2.50 bits per heavy atom. The van der Waals surface area contributed by atoms with E-state index in [1.165, 1.54) is 6.26 Å². The van der Waals surface area contributed by atoms with Crippen molar-refractivity contribution in [3.63, 3.8) is 0 Å². The minimum absolute atomic E-state index is 0.152. The van der Waals surface area contributed by atoms with Gasteiger partial charge in [-0.2, -0.15) is 0 Å². The molecule has 0 bridgehead atoms. The average molecular weight is 204 g/mol. The minimum Gasteiger partial charge on any atom is -0.457 e. The lowest BCUT2D eigenvalue weighted by Crippen LogP contribution is -2.17. The van der Waals surface area contributed by atoms with Crippen molar-refractivity contribution in [1.29, 1.82) is 0 Å². The second-order valence-electron chi connectivity index (χ2n) is 1.69. The molecule has 0 spiro atoms. The predicted octanol–water partition coefficient (Wildman–Crippen LogP) is 1.40. The second kappa shape index (κ2) is 2.88. The van der Waals surface area contributed by atoms with Gasteiger partial charge in [0.15, 0.2) is 4.67 Å². The molecule has 0 atom stereocenters. The molecule has 1 heterocycles. The summed E-state index contributed by atoms with van der Waals surface area (Å²) in [6.45, 7) is 0. The van der Waals surface area contributed by atoms with Crippen molar-refractivity contribution >= 4 is 21.8 Å². The highest BCUT2D eigenvalue weighted by atomic mass is 79.9. The lowest BCUT2D eigenvalue weighted by atomic mass is 10.3. The highest BCUT2D eigenvalue weighted by Crippen LogP contribution is 2.16. The minimum atomic E-state index is -0.152. The summed E-state index contributed by atoms with van der Waals surface area (Å²) in [7, 11) is 1.57. The Morgan fingerprint density at radius 1 is 1.80 bits per heavy atom. The van der Waals surface area contributed by atoms with E-state index >= 15 is 0 Å². The van der Waals surface area contributed by atoms with Gasteiger partial charge in [-0.05, 0) is 22.0 Å². The summed E-state index contributed by atoms with van der Waals surface area (Å²) in [6.07, 6.45) is 1.45. The van der Waals surface area contributed by atoms with Gasteiger partial charge < -0.3 is 9.73 Å². The molecule has 54 valence electrons. The monoisotopic (exact) mass is 203 g/mol. The Labute approximate surface area is 66.5 Å². The number of nitrogens with one attached hydrogen (secondary N) is 1. The molecule has 1 N–H and O–H groups in total. The number of carbonyl (C=O) groups is 1. The molecule has 1 aromatic rings. The lowest BCUT2D eigenvalue weighted by molar-refractivity contribution is 0.0961. The Morgan fingerprint density at radius 3 is 2.90 bits per heavy atom. The van der Waals surface area contributed by atoms with E-state index in [-0.39, 0.29) is 5.91 Å². The van der Waals surface area contributed by atoms with Crippen LogP contribution in [0.5, 0.6) is 0 Å². The number of hydrogen-bond donors (Lipinski definition) is 1. The molecule has 0 fully saturated rings.